The SMILES string of the molecule is CN(C(=O)[C@@H]1Cc2ccccc2N1C(=O)OC(C)(C)C)C1COCc2[nH]c(=O)c3cc(F)ccc3c21. The Morgan fingerprint density at radius 1 is 1.17 bits per heavy atom. The van der Waals surface area contributed by atoms with Crippen molar-refractivity contribution >= 4 is 28.5 Å². The molecular formula is C27H28FN3O5. The number of carbonyl (C=O) groups is 2. The fourth-order valence-corrected chi connectivity index (χ4v) is 5.04. The van der Waals surface area contributed by atoms with Crippen LogP contribution in [-0.2, 0) is 27.3 Å². The number of ether oxygens (including phenoxy) is 2. The second-order valence-corrected chi connectivity index (χ2v) is 10.2. The van der Waals surface area contributed by atoms with E-state index in [9.17, 15) is 18.8 Å². The van der Waals surface area contributed by atoms with E-state index in [1.54, 1.807) is 44.9 Å². The predicted molar refractivity (Wildman–Crippen MR) is 132 cm³/mol. The molecule has 3 heterocycles. The number of fused-ring (bicyclic) bond motifs is 4. The number of benzene rings is 2. The summed E-state index contributed by atoms with van der Waals surface area (Å²) in [5.41, 5.74) is 1.64. The Morgan fingerprint density at radius 2 is 1.92 bits per heavy atom. The summed E-state index contributed by atoms with van der Waals surface area (Å²) >= 11 is 0. The van der Waals surface area contributed by atoms with Crippen LogP contribution in [0.15, 0.2) is 47.3 Å². The van der Waals surface area contributed by atoms with Crippen molar-refractivity contribution in [2.75, 3.05) is 18.6 Å². The highest BCUT2D eigenvalue weighted by atomic mass is 19.1. The van der Waals surface area contributed by atoms with E-state index in [0.29, 0.717) is 28.8 Å². The third-order valence-electron chi connectivity index (χ3n) is 6.63. The van der Waals surface area contributed by atoms with Gasteiger partial charge in [-0.05, 0) is 49.9 Å². The predicted octanol–water partition coefficient (Wildman–Crippen LogP) is 4.06. The summed E-state index contributed by atoms with van der Waals surface area (Å²) in [6.45, 7) is 5.71. The van der Waals surface area contributed by atoms with Gasteiger partial charge in [-0.25, -0.2) is 9.18 Å². The molecule has 0 radical (unpaired) electrons. The number of para-hydroxylation sites is 1. The van der Waals surface area contributed by atoms with Crippen LogP contribution in [0.2, 0.25) is 0 Å². The number of H-pyrrole nitrogens is 1. The van der Waals surface area contributed by atoms with E-state index in [1.807, 2.05) is 18.2 Å². The maximum Gasteiger partial charge on any atom is 0.415 e. The summed E-state index contributed by atoms with van der Waals surface area (Å²) in [4.78, 5) is 45.5. The number of pyridine rings is 1. The van der Waals surface area contributed by atoms with Crippen molar-refractivity contribution in [3.05, 3.63) is 75.5 Å². The Bertz CT molecular complexity index is 1430. The van der Waals surface area contributed by atoms with Gasteiger partial charge in [0.15, 0.2) is 0 Å². The first-order valence-corrected chi connectivity index (χ1v) is 11.8. The molecule has 0 spiro atoms. The second kappa shape index (κ2) is 8.74. The number of likely N-dealkylation sites (N-methyl/N-ethyl adjacent to an activating group) is 1. The van der Waals surface area contributed by atoms with Crippen molar-refractivity contribution in [3.63, 3.8) is 0 Å². The lowest BCUT2D eigenvalue weighted by Crippen LogP contribution is -2.51. The molecular weight excluding hydrogens is 465 g/mol. The number of amides is 2. The molecule has 2 amide bonds. The molecule has 0 bridgehead atoms. The van der Waals surface area contributed by atoms with Crippen molar-refractivity contribution in [2.45, 2.75) is 51.5 Å². The normalized spacial score (nSPS) is 19.1. The van der Waals surface area contributed by atoms with E-state index in [1.165, 1.54) is 17.0 Å². The summed E-state index contributed by atoms with van der Waals surface area (Å²) in [6, 6.07) is 10.1. The van der Waals surface area contributed by atoms with E-state index >= 15 is 0 Å². The topological polar surface area (TPSA) is 91.9 Å². The number of anilines is 1. The first kappa shape index (κ1) is 24.0. The molecule has 0 aliphatic carbocycles. The number of hydrogen-bond donors (Lipinski definition) is 1. The van der Waals surface area contributed by atoms with E-state index in [-0.39, 0.29) is 24.5 Å². The highest BCUT2D eigenvalue weighted by Gasteiger charge is 2.43. The highest BCUT2D eigenvalue weighted by molar-refractivity contribution is 6.01. The summed E-state index contributed by atoms with van der Waals surface area (Å²) in [5.74, 6) is -0.808. The molecule has 188 valence electrons. The van der Waals surface area contributed by atoms with Crippen LogP contribution in [0.4, 0.5) is 14.9 Å². The Kier molecular flexibility index (Phi) is 5.83. The third kappa shape index (κ3) is 4.13. The van der Waals surface area contributed by atoms with Gasteiger partial charge < -0.3 is 19.4 Å². The van der Waals surface area contributed by atoms with Crippen molar-refractivity contribution < 1.29 is 23.5 Å². The Morgan fingerprint density at radius 3 is 2.67 bits per heavy atom. The van der Waals surface area contributed by atoms with Gasteiger partial charge in [-0.2, -0.15) is 0 Å². The zero-order valence-electron chi connectivity index (χ0n) is 20.6. The highest BCUT2D eigenvalue weighted by Crippen LogP contribution is 2.37. The number of nitrogens with one attached hydrogen (secondary N) is 1. The molecule has 9 heteroatoms. The van der Waals surface area contributed by atoms with Crippen LogP contribution in [-0.4, -0.2) is 47.2 Å². The van der Waals surface area contributed by atoms with Gasteiger partial charge in [0, 0.05) is 24.7 Å². The van der Waals surface area contributed by atoms with Crippen LogP contribution in [0.3, 0.4) is 0 Å². The number of carbonyl (C=O) groups excluding carboxylic acids is 2. The molecule has 3 aromatic rings. The Labute approximate surface area is 207 Å². The number of halogens is 1. The largest absolute Gasteiger partial charge is 0.443 e. The average Bonchev–Trinajstić information content (AvgIpc) is 3.21. The van der Waals surface area contributed by atoms with Crippen molar-refractivity contribution in [2.24, 2.45) is 0 Å². The second-order valence-electron chi connectivity index (χ2n) is 10.2. The van der Waals surface area contributed by atoms with Crippen LogP contribution in [0, 0.1) is 5.82 Å². The zero-order chi connectivity index (χ0) is 25.8. The molecule has 2 atom stereocenters. The third-order valence-corrected chi connectivity index (χ3v) is 6.63. The van der Waals surface area contributed by atoms with Crippen molar-refractivity contribution in [3.8, 4) is 0 Å². The average molecular weight is 494 g/mol. The Hall–Kier alpha value is -3.72. The molecule has 1 unspecified atom stereocenters. The fourth-order valence-electron chi connectivity index (χ4n) is 5.04. The van der Waals surface area contributed by atoms with E-state index in [0.717, 1.165) is 5.56 Å². The first-order chi connectivity index (χ1) is 17.0. The maximum atomic E-state index is 13.9. The number of rotatable bonds is 2. The summed E-state index contributed by atoms with van der Waals surface area (Å²) in [7, 11) is 1.65. The molecule has 1 N–H and O–H groups in total. The number of aromatic nitrogens is 1. The Balaban J connectivity index is 1.53. The zero-order valence-corrected chi connectivity index (χ0v) is 20.6. The van der Waals surface area contributed by atoms with E-state index < -0.39 is 35.2 Å². The van der Waals surface area contributed by atoms with Gasteiger partial charge in [0.1, 0.15) is 17.5 Å². The lowest BCUT2D eigenvalue weighted by Gasteiger charge is -2.37. The van der Waals surface area contributed by atoms with E-state index in [2.05, 4.69) is 4.98 Å². The lowest BCUT2D eigenvalue weighted by atomic mass is 9.95. The number of aromatic amines is 1. The van der Waals surface area contributed by atoms with Gasteiger partial charge in [-0.3, -0.25) is 14.5 Å². The molecule has 2 aliphatic rings. The first-order valence-electron chi connectivity index (χ1n) is 11.8. The summed E-state index contributed by atoms with van der Waals surface area (Å²) in [5, 5.41) is 0.784. The van der Waals surface area contributed by atoms with Crippen LogP contribution in [0.5, 0.6) is 0 Å². The molecule has 2 aromatic carbocycles. The maximum absolute atomic E-state index is 13.9. The smallest absolute Gasteiger partial charge is 0.415 e. The summed E-state index contributed by atoms with van der Waals surface area (Å²) in [6.07, 6.45) is -0.249. The van der Waals surface area contributed by atoms with Crippen molar-refractivity contribution in [1.29, 1.82) is 0 Å². The minimum absolute atomic E-state index is 0.176. The molecule has 0 saturated carbocycles. The van der Waals surface area contributed by atoms with Gasteiger partial charge >= 0.3 is 6.09 Å². The molecule has 1 aromatic heterocycles. The van der Waals surface area contributed by atoms with E-state index in [4.69, 9.17) is 9.47 Å². The standard InChI is InChI=1S/C27H28FN3O5/c1-27(2,3)36-26(34)31-20-8-6-5-7-15(20)11-21(31)25(33)30(4)22-14-35-13-19-23(22)17-10-9-16(28)12-18(17)24(32)29-19/h5-10,12,21-22H,11,13-14H2,1-4H3,(H,29,32)/t21-,22?/m0/s1. The lowest BCUT2D eigenvalue weighted by molar-refractivity contribution is -0.135. The van der Waals surface area contributed by atoms with Gasteiger partial charge in [0.2, 0.25) is 5.91 Å². The molecule has 36 heavy (non-hydrogen) atoms. The number of hydrogen-bond acceptors (Lipinski definition) is 5. The van der Waals surface area contributed by atoms with Crippen molar-refractivity contribution in [1.82, 2.24) is 9.88 Å². The summed E-state index contributed by atoms with van der Waals surface area (Å²) < 4.78 is 25.3. The molecule has 5 rings (SSSR count). The molecule has 0 saturated heterocycles. The van der Waals surface area contributed by atoms with Gasteiger partial charge in [0.25, 0.3) is 5.56 Å². The van der Waals surface area contributed by atoms with Crippen LogP contribution in [0.25, 0.3) is 10.8 Å². The van der Waals surface area contributed by atoms with Crippen LogP contribution < -0.4 is 10.5 Å². The fraction of sp³-hybridized carbons (Fsp3) is 0.370. The minimum Gasteiger partial charge on any atom is -0.443 e. The number of nitrogens with zero attached hydrogens (tertiary/aromatic N) is 2. The van der Waals surface area contributed by atoms with Gasteiger partial charge in [-0.15, -0.1) is 0 Å². The van der Waals surface area contributed by atoms with Crippen LogP contribution in [0.1, 0.15) is 43.6 Å². The van der Waals surface area contributed by atoms with Crippen LogP contribution >= 0.6 is 0 Å². The van der Waals surface area contributed by atoms with Gasteiger partial charge in [0.05, 0.1) is 30.3 Å². The quantitative estimate of drug-likeness (QED) is 0.581. The minimum atomic E-state index is -0.806. The van der Waals surface area contributed by atoms with Gasteiger partial charge in [-0.1, -0.05) is 24.3 Å². The monoisotopic (exact) mass is 493 g/mol. The molecule has 0 fully saturated rings. The molecule has 2 aliphatic heterocycles. The molecule has 8 nitrogen and oxygen atoms in total.